The van der Waals surface area contributed by atoms with Gasteiger partial charge in [-0.25, -0.2) is 0 Å². The lowest BCUT2D eigenvalue weighted by Crippen LogP contribution is -2.71. The van der Waals surface area contributed by atoms with Gasteiger partial charge in [-0.2, -0.15) is 0 Å². The van der Waals surface area contributed by atoms with Crippen LogP contribution >= 0.6 is 0 Å². The van der Waals surface area contributed by atoms with Gasteiger partial charge in [0.05, 0.1) is 0 Å². The van der Waals surface area contributed by atoms with E-state index in [1.54, 1.807) is 0 Å². The summed E-state index contributed by atoms with van der Waals surface area (Å²) >= 11 is 0. The van der Waals surface area contributed by atoms with Crippen LogP contribution in [0, 0.1) is 5.92 Å². The maximum Gasteiger partial charge on any atom is 0.303 e. The molecule has 0 spiro atoms. The van der Waals surface area contributed by atoms with Crippen LogP contribution in [0.4, 0.5) is 0 Å². The highest BCUT2D eigenvalue weighted by atomic mass is 16.7. The first kappa shape index (κ1) is 41.3. The Kier molecular flexibility index (Phi) is 15.3. The van der Waals surface area contributed by atoms with Crippen LogP contribution in [0.15, 0.2) is 0 Å². The van der Waals surface area contributed by atoms with Crippen LogP contribution in [0.2, 0.25) is 0 Å². The van der Waals surface area contributed by atoms with Crippen molar-refractivity contribution in [3.8, 4) is 0 Å². The van der Waals surface area contributed by atoms with Gasteiger partial charge in [-0.1, -0.05) is 19.3 Å². The zero-order chi connectivity index (χ0) is 38.0. The molecule has 51 heavy (non-hydrogen) atoms. The molecule has 2 heterocycles. The number of carbonyl (C=O) groups is 8. The average Bonchev–Trinajstić information content (AvgIpc) is 3.02. The summed E-state index contributed by atoms with van der Waals surface area (Å²) in [5.41, 5.74) is 0. The van der Waals surface area contributed by atoms with Crippen molar-refractivity contribution < 1.29 is 76.3 Å². The minimum absolute atomic E-state index is 0.345. The molecule has 10 atom stereocenters. The molecule has 3 fully saturated rings. The van der Waals surface area contributed by atoms with Gasteiger partial charge in [0.15, 0.2) is 30.4 Å². The fourth-order valence-corrected chi connectivity index (χ4v) is 6.59. The normalized spacial score (nSPS) is 30.9. The number of Topliss-reactive ketones (excluding diaryl/α,β-unsaturated/α-hetero) is 1. The first-order chi connectivity index (χ1) is 24.0. The van der Waals surface area contributed by atoms with E-state index in [-0.39, 0.29) is 5.78 Å². The van der Waals surface area contributed by atoms with Crippen LogP contribution in [-0.2, 0) is 76.3 Å². The van der Waals surface area contributed by atoms with E-state index in [1.165, 1.54) is 6.92 Å². The minimum atomic E-state index is -1.67. The highest BCUT2D eigenvalue weighted by Gasteiger charge is 2.57. The second-order valence-electron chi connectivity index (χ2n) is 12.8. The summed E-state index contributed by atoms with van der Waals surface area (Å²) in [7, 11) is 0. The third-order valence-corrected chi connectivity index (χ3v) is 8.46. The number of nitrogens with one attached hydrogen (secondary N) is 2. The van der Waals surface area contributed by atoms with E-state index in [4.69, 9.17) is 37.9 Å². The Hall–Kier alpha value is -4.16. The molecular formula is C33H48N2O16. The molecule has 3 aliphatic rings. The standard InChI is InChI=1S/C33H48N2O16/c1-15(36)34-25-30(27(43)22-11-9-8-10-12-22)49-23(13-44-17(3)38)29(31(25)47-20(6)41)51-33-26(35-16(2)37)32(48-21(7)42)28(46-19(5)40)24(50-33)14-45-18(4)39/h22-26,28-33H,8-14H2,1-7H3,(H,34,36)(H,35,37)/t23-,24-,25+,26-,28-,29-,30-,31-,32-,33+/m1/s1. The lowest BCUT2D eigenvalue weighted by molar-refractivity contribution is -0.316. The van der Waals surface area contributed by atoms with Gasteiger partial charge in [0.2, 0.25) is 11.8 Å². The van der Waals surface area contributed by atoms with E-state index in [1.807, 2.05) is 0 Å². The van der Waals surface area contributed by atoms with E-state index in [2.05, 4.69) is 10.6 Å². The molecule has 2 N–H and O–H groups in total. The predicted molar refractivity (Wildman–Crippen MR) is 169 cm³/mol. The lowest BCUT2D eigenvalue weighted by Gasteiger charge is -2.50. The fraction of sp³-hybridized carbons (Fsp3) is 0.758. The lowest BCUT2D eigenvalue weighted by atomic mass is 9.80. The molecule has 0 aromatic heterocycles. The number of carbonyl (C=O) groups excluding carboxylic acids is 8. The largest absolute Gasteiger partial charge is 0.463 e. The van der Waals surface area contributed by atoms with E-state index >= 15 is 0 Å². The second kappa shape index (κ2) is 18.9. The summed E-state index contributed by atoms with van der Waals surface area (Å²) in [6.45, 7) is 6.82. The number of rotatable bonds is 13. The van der Waals surface area contributed by atoms with Gasteiger partial charge in [0.1, 0.15) is 49.7 Å². The van der Waals surface area contributed by atoms with E-state index < -0.39 is 122 Å². The van der Waals surface area contributed by atoms with Gasteiger partial charge >= 0.3 is 29.8 Å². The van der Waals surface area contributed by atoms with Crippen molar-refractivity contribution in [1.82, 2.24) is 10.6 Å². The van der Waals surface area contributed by atoms with Crippen molar-refractivity contribution in [3.05, 3.63) is 0 Å². The van der Waals surface area contributed by atoms with Gasteiger partial charge in [0, 0.05) is 54.4 Å². The molecule has 1 saturated carbocycles. The van der Waals surface area contributed by atoms with Crippen molar-refractivity contribution in [1.29, 1.82) is 0 Å². The summed E-state index contributed by atoms with van der Waals surface area (Å²) in [6, 6.07) is -2.74. The van der Waals surface area contributed by atoms with E-state index in [0.29, 0.717) is 12.8 Å². The van der Waals surface area contributed by atoms with Crippen molar-refractivity contribution in [3.63, 3.8) is 0 Å². The fourth-order valence-electron chi connectivity index (χ4n) is 6.59. The molecule has 18 heteroatoms. The van der Waals surface area contributed by atoms with Crippen molar-refractivity contribution in [2.75, 3.05) is 13.2 Å². The molecule has 2 aliphatic heterocycles. The maximum absolute atomic E-state index is 14.0. The maximum atomic E-state index is 14.0. The number of amides is 2. The predicted octanol–water partition coefficient (Wildman–Crippen LogP) is -0.0560. The van der Waals surface area contributed by atoms with E-state index in [0.717, 1.165) is 60.8 Å². The summed E-state index contributed by atoms with van der Waals surface area (Å²) in [5.74, 6) is -5.95. The Balaban J connectivity index is 2.17. The Morgan fingerprint density at radius 1 is 0.549 bits per heavy atom. The smallest absolute Gasteiger partial charge is 0.303 e. The molecule has 0 radical (unpaired) electrons. The number of hydrogen-bond acceptors (Lipinski definition) is 16. The molecular weight excluding hydrogens is 680 g/mol. The number of ketones is 1. The number of ether oxygens (including phenoxy) is 8. The quantitative estimate of drug-likeness (QED) is 0.187. The van der Waals surface area contributed by atoms with Crippen LogP contribution in [0.1, 0.15) is 80.6 Å². The summed E-state index contributed by atoms with van der Waals surface area (Å²) in [5, 5.41) is 5.24. The van der Waals surface area contributed by atoms with Gasteiger partial charge in [-0.3, -0.25) is 38.4 Å². The Labute approximate surface area is 295 Å². The molecule has 18 nitrogen and oxygen atoms in total. The molecule has 0 bridgehead atoms. The van der Waals surface area contributed by atoms with Crippen LogP contribution in [0.25, 0.3) is 0 Å². The highest BCUT2D eigenvalue weighted by molar-refractivity contribution is 5.87. The number of hydrogen-bond donors (Lipinski definition) is 2. The monoisotopic (exact) mass is 728 g/mol. The van der Waals surface area contributed by atoms with Crippen LogP contribution in [-0.4, -0.2) is 122 Å². The Bertz CT molecular complexity index is 1320. The molecule has 2 amide bonds. The van der Waals surface area contributed by atoms with Crippen molar-refractivity contribution in [2.24, 2.45) is 5.92 Å². The van der Waals surface area contributed by atoms with Crippen LogP contribution in [0.3, 0.4) is 0 Å². The van der Waals surface area contributed by atoms with Crippen LogP contribution in [0.5, 0.6) is 0 Å². The van der Waals surface area contributed by atoms with Crippen molar-refractivity contribution in [2.45, 2.75) is 142 Å². The summed E-state index contributed by atoms with van der Waals surface area (Å²) in [4.78, 5) is 100. The SMILES string of the molecule is CC(=O)N[C@@H]1[C@@H](OC(C)=O)[C@H](O[C@@H]2O[C@H](COC(C)=O)[C@@H](OC(C)=O)[C@H](OC(C)=O)[C@H]2NC(C)=O)[C@@H](COC(C)=O)O[C@H]1C(=O)C1CCCCC1. The van der Waals surface area contributed by atoms with Crippen LogP contribution < -0.4 is 10.6 Å². The van der Waals surface area contributed by atoms with Crippen molar-refractivity contribution >= 4 is 47.4 Å². The van der Waals surface area contributed by atoms with Gasteiger partial charge in [0.25, 0.3) is 0 Å². The van der Waals surface area contributed by atoms with Gasteiger partial charge in [-0.05, 0) is 12.8 Å². The highest BCUT2D eigenvalue weighted by Crippen LogP contribution is 2.36. The molecule has 0 aromatic carbocycles. The first-order valence-corrected chi connectivity index (χ1v) is 16.8. The molecule has 286 valence electrons. The molecule has 1 aliphatic carbocycles. The zero-order valence-electron chi connectivity index (χ0n) is 29.8. The molecule has 3 rings (SSSR count). The molecule has 2 saturated heterocycles. The summed E-state index contributed by atoms with van der Waals surface area (Å²) < 4.78 is 46.0. The third kappa shape index (κ3) is 12.0. The van der Waals surface area contributed by atoms with Gasteiger partial charge < -0.3 is 48.5 Å². The third-order valence-electron chi connectivity index (χ3n) is 8.46. The minimum Gasteiger partial charge on any atom is -0.463 e. The topological polar surface area (TPSA) is 234 Å². The first-order valence-electron chi connectivity index (χ1n) is 16.8. The molecule has 0 unspecified atom stereocenters. The van der Waals surface area contributed by atoms with Gasteiger partial charge in [-0.15, -0.1) is 0 Å². The summed E-state index contributed by atoms with van der Waals surface area (Å²) in [6.07, 6.45) is -7.91. The zero-order valence-corrected chi connectivity index (χ0v) is 29.8. The molecule has 0 aromatic rings. The Morgan fingerprint density at radius 2 is 1.00 bits per heavy atom. The Morgan fingerprint density at radius 3 is 1.47 bits per heavy atom. The second-order valence-corrected chi connectivity index (χ2v) is 12.8. The van der Waals surface area contributed by atoms with E-state index in [9.17, 15) is 38.4 Å². The number of esters is 5. The average molecular weight is 729 g/mol.